The third-order valence-corrected chi connectivity index (χ3v) is 5.22. The second kappa shape index (κ2) is 12.8. The molecule has 158 valence electrons. The van der Waals surface area contributed by atoms with Gasteiger partial charge in [0.15, 0.2) is 5.96 Å². The molecule has 2 rings (SSSR count). The summed E-state index contributed by atoms with van der Waals surface area (Å²) in [5, 5.41) is 6.83. The van der Waals surface area contributed by atoms with Crippen LogP contribution in [0.2, 0.25) is 0 Å². The summed E-state index contributed by atoms with van der Waals surface area (Å²) in [5.41, 5.74) is 2.68. The molecule has 0 saturated carbocycles. The molecule has 0 radical (unpaired) electrons. The van der Waals surface area contributed by atoms with E-state index in [1.807, 2.05) is 7.05 Å². The largest absolute Gasteiger partial charge is 0.381 e. The Balaban J connectivity index is 1.68. The molecule has 1 aliphatic heterocycles. The van der Waals surface area contributed by atoms with E-state index < -0.39 is 0 Å². The maximum Gasteiger partial charge on any atom is 0.191 e. The molecule has 0 amide bonds. The number of hydrogen-bond acceptors (Lipinski definition) is 4. The highest BCUT2D eigenvalue weighted by Gasteiger charge is 2.16. The Morgan fingerprint density at radius 2 is 2.07 bits per heavy atom. The molecule has 6 nitrogen and oxygen atoms in total. The Morgan fingerprint density at radius 1 is 1.29 bits per heavy atom. The quantitative estimate of drug-likeness (QED) is 0.345. The lowest BCUT2D eigenvalue weighted by Gasteiger charge is -2.26. The fourth-order valence-electron chi connectivity index (χ4n) is 3.33. The first kappa shape index (κ1) is 22.7. The van der Waals surface area contributed by atoms with E-state index in [0.29, 0.717) is 12.0 Å². The first-order valence-corrected chi connectivity index (χ1v) is 10.5. The molecule has 0 aromatic heterocycles. The van der Waals surface area contributed by atoms with E-state index >= 15 is 0 Å². The van der Waals surface area contributed by atoms with Crippen molar-refractivity contribution in [3.63, 3.8) is 0 Å². The number of rotatable bonds is 11. The summed E-state index contributed by atoms with van der Waals surface area (Å²) in [6, 6.07) is 9.19. The summed E-state index contributed by atoms with van der Waals surface area (Å²) in [4.78, 5) is 6.58. The van der Waals surface area contributed by atoms with Crippen molar-refractivity contribution in [2.75, 3.05) is 60.7 Å². The van der Waals surface area contributed by atoms with Crippen LogP contribution in [0.5, 0.6) is 0 Å². The normalized spacial score (nSPS) is 18.5. The van der Waals surface area contributed by atoms with E-state index in [1.54, 1.807) is 0 Å². The molecule has 0 bridgehead atoms. The molecule has 1 aromatic rings. The average molecular weight is 391 g/mol. The molecule has 1 saturated heterocycles. The standard InChI is InChI=1S/C22H38N4O2/c1-5-18-7-9-20(10-8-18)21(26(3)4)15-25-22(23-2)24-12-6-13-27-16-19-11-14-28-17-19/h7-10,19,21H,5-6,11-17H2,1-4H3,(H2,23,24,25). The summed E-state index contributed by atoms with van der Waals surface area (Å²) in [6.07, 6.45) is 3.16. The third kappa shape index (κ3) is 7.78. The number of likely N-dealkylation sites (N-methyl/N-ethyl adjacent to an activating group) is 1. The Morgan fingerprint density at radius 3 is 2.68 bits per heavy atom. The molecule has 2 unspecified atom stereocenters. The highest BCUT2D eigenvalue weighted by atomic mass is 16.5. The summed E-state index contributed by atoms with van der Waals surface area (Å²) < 4.78 is 11.1. The van der Waals surface area contributed by atoms with Crippen LogP contribution in [0.3, 0.4) is 0 Å². The van der Waals surface area contributed by atoms with Gasteiger partial charge in [-0.1, -0.05) is 31.2 Å². The molecule has 1 heterocycles. The van der Waals surface area contributed by atoms with Crippen LogP contribution < -0.4 is 10.6 Å². The zero-order valence-electron chi connectivity index (χ0n) is 18.0. The smallest absolute Gasteiger partial charge is 0.191 e. The number of nitrogens with one attached hydrogen (secondary N) is 2. The average Bonchev–Trinajstić information content (AvgIpc) is 3.22. The fraction of sp³-hybridized carbons (Fsp3) is 0.682. The number of guanidine groups is 1. The van der Waals surface area contributed by atoms with Crippen LogP contribution in [0.15, 0.2) is 29.3 Å². The summed E-state index contributed by atoms with van der Waals surface area (Å²) >= 11 is 0. The van der Waals surface area contributed by atoms with Crippen molar-refractivity contribution in [2.24, 2.45) is 10.9 Å². The molecular formula is C22H38N4O2. The van der Waals surface area contributed by atoms with Crippen LogP contribution in [0.1, 0.15) is 36.9 Å². The maximum absolute atomic E-state index is 5.75. The fourth-order valence-corrected chi connectivity index (χ4v) is 3.33. The number of aryl methyl sites for hydroxylation is 1. The molecule has 0 aliphatic carbocycles. The molecule has 28 heavy (non-hydrogen) atoms. The maximum atomic E-state index is 5.75. The molecule has 2 N–H and O–H groups in total. The lowest BCUT2D eigenvalue weighted by Crippen LogP contribution is -2.42. The summed E-state index contributed by atoms with van der Waals surface area (Å²) in [5.74, 6) is 1.41. The molecule has 2 atom stereocenters. The lowest BCUT2D eigenvalue weighted by atomic mass is 10.0. The number of hydrogen-bond donors (Lipinski definition) is 2. The highest BCUT2D eigenvalue weighted by Crippen LogP contribution is 2.18. The second-order valence-electron chi connectivity index (χ2n) is 7.61. The van der Waals surface area contributed by atoms with Gasteiger partial charge in [-0.05, 0) is 44.5 Å². The van der Waals surface area contributed by atoms with Gasteiger partial charge in [0, 0.05) is 39.3 Å². The SMILES string of the molecule is CCc1ccc(C(CNC(=NC)NCCCOCC2CCOC2)N(C)C)cc1. The van der Waals surface area contributed by atoms with Gasteiger partial charge in [-0.25, -0.2) is 0 Å². The van der Waals surface area contributed by atoms with E-state index in [2.05, 4.69) is 65.8 Å². The van der Waals surface area contributed by atoms with Gasteiger partial charge in [-0.3, -0.25) is 4.99 Å². The zero-order valence-corrected chi connectivity index (χ0v) is 18.0. The zero-order chi connectivity index (χ0) is 20.2. The van der Waals surface area contributed by atoms with Crippen LogP contribution in [0.4, 0.5) is 0 Å². The molecule has 6 heteroatoms. The predicted molar refractivity (Wildman–Crippen MR) is 116 cm³/mol. The Hall–Kier alpha value is -1.63. The molecular weight excluding hydrogens is 352 g/mol. The number of ether oxygens (including phenoxy) is 2. The molecule has 1 fully saturated rings. The lowest BCUT2D eigenvalue weighted by molar-refractivity contribution is 0.0888. The van der Waals surface area contributed by atoms with Crippen molar-refractivity contribution in [1.29, 1.82) is 0 Å². The number of nitrogens with zero attached hydrogens (tertiary/aromatic N) is 2. The Kier molecular flexibility index (Phi) is 10.3. The van der Waals surface area contributed by atoms with Crippen LogP contribution in [-0.2, 0) is 15.9 Å². The van der Waals surface area contributed by atoms with Crippen LogP contribution in [-0.4, -0.2) is 71.5 Å². The first-order valence-electron chi connectivity index (χ1n) is 10.5. The van der Waals surface area contributed by atoms with E-state index in [9.17, 15) is 0 Å². The number of aliphatic imine (C=N–C) groups is 1. The van der Waals surface area contributed by atoms with Crippen LogP contribution >= 0.6 is 0 Å². The third-order valence-electron chi connectivity index (χ3n) is 5.22. The first-order chi connectivity index (χ1) is 13.6. The number of benzene rings is 1. The minimum atomic E-state index is 0.293. The van der Waals surface area contributed by atoms with Crippen molar-refractivity contribution in [2.45, 2.75) is 32.2 Å². The van der Waals surface area contributed by atoms with Gasteiger partial charge < -0.3 is 25.0 Å². The van der Waals surface area contributed by atoms with Gasteiger partial charge in [0.2, 0.25) is 0 Å². The van der Waals surface area contributed by atoms with E-state index in [1.165, 1.54) is 11.1 Å². The van der Waals surface area contributed by atoms with Crippen molar-refractivity contribution in [1.82, 2.24) is 15.5 Å². The topological polar surface area (TPSA) is 58.1 Å². The van der Waals surface area contributed by atoms with Gasteiger partial charge in [0.05, 0.1) is 19.3 Å². The summed E-state index contributed by atoms with van der Waals surface area (Å²) in [6.45, 7) is 7.15. The van der Waals surface area contributed by atoms with Crippen molar-refractivity contribution in [3.05, 3.63) is 35.4 Å². The van der Waals surface area contributed by atoms with Crippen molar-refractivity contribution in [3.8, 4) is 0 Å². The molecule has 0 spiro atoms. The van der Waals surface area contributed by atoms with E-state index in [-0.39, 0.29) is 0 Å². The van der Waals surface area contributed by atoms with Crippen molar-refractivity contribution < 1.29 is 9.47 Å². The van der Waals surface area contributed by atoms with Gasteiger partial charge in [-0.2, -0.15) is 0 Å². The van der Waals surface area contributed by atoms with Crippen LogP contribution in [0.25, 0.3) is 0 Å². The minimum absolute atomic E-state index is 0.293. The van der Waals surface area contributed by atoms with Crippen molar-refractivity contribution >= 4 is 5.96 Å². The van der Waals surface area contributed by atoms with E-state index in [4.69, 9.17) is 9.47 Å². The Bertz CT molecular complexity index is 568. The van der Waals surface area contributed by atoms with Gasteiger partial charge >= 0.3 is 0 Å². The van der Waals surface area contributed by atoms with Gasteiger partial charge in [0.25, 0.3) is 0 Å². The van der Waals surface area contributed by atoms with Crippen LogP contribution in [0, 0.1) is 5.92 Å². The molecule has 1 aromatic carbocycles. The highest BCUT2D eigenvalue weighted by molar-refractivity contribution is 5.79. The monoisotopic (exact) mass is 390 g/mol. The minimum Gasteiger partial charge on any atom is -0.381 e. The van der Waals surface area contributed by atoms with E-state index in [0.717, 1.165) is 64.7 Å². The second-order valence-corrected chi connectivity index (χ2v) is 7.61. The summed E-state index contributed by atoms with van der Waals surface area (Å²) in [7, 11) is 6.04. The Labute approximate surface area is 170 Å². The van der Waals surface area contributed by atoms with Gasteiger partial charge in [0.1, 0.15) is 0 Å². The van der Waals surface area contributed by atoms with Gasteiger partial charge in [-0.15, -0.1) is 0 Å². The predicted octanol–water partition coefficient (Wildman–Crippen LogP) is 2.46. The molecule has 1 aliphatic rings.